The standard InChI is InChI=1S/C30H36FNO5S/c1-3-6-18(13-19-9-10-25(34)24(31)14-19)8-11-26(35)27-20(4-2)15-22-28(23(27)17-33)30(37)32(29(22)36)16-21-7-5-12-38-21/h5,7,9-10,12-14,22-23,26,28,33-35H,3-4,6,8,11,15-17H2,1-2H3/b18-13+/t22-,23+,26-,28-/m1/s1. The number of aliphatic hydroxyl groups is 2. The summed E-state index contributed by atoms with van der Waals surface area (Å²) in [5.41, 5.74) is 3.32. The van der Waals surface area contributed by atoms with Crippen LogP contribution in [0.5, 0.6) is 5.75 Å². The smallest absolute Gasteiger partial charge is 0.234 e. The molecule has 0 spiro atoms. The quantitative estimate of drug-likeness (QED) is 0.260. The lowest BCUT2D eigenvalue weighted by Crippen LogP contribution is -2.39. The van der Waals surface area contributed by atoms with Crippen LogP contribution < -0.4 is 0 Å². The average Bonchev–Trinajstić information content (AvgIpc) is 3.51. The molecule has 1 aliphatic heterocycles. The highest BCUT2D eigenvalue weighted by Gasteiger charge is 2.54. The van der Waals surface area contributed by atoms with Gasteiger partial charge in [0.2, 0.25) is 11.8 Å². The van der Waals surface area contributed by atoms with Crippen molar-refractivity contribution in [3.05, 3.63) is 68.7 Å². The van der Waals surface area contributed by atoms with E-state index in [0.717, 1.165) is 28.9 Å². The monoisotopic (exact) mass is 541 g/mol. The Labute approximate surface area is 227 Å². The minimum absolute atomic E-state index is 0.194. The van der Waals surface area contributed by atoms with E-state index in [0.29, 0.717) is 36.8 Å². The fourth-order valence-corrected chi connectivity index (χ4v) is 6.69. The molecule has 0 saturated carbocycles. The zero-order valence-electron chi connectivity index (χ0n) is 21.9. The maximum absolute atomic E-state index is 13.8. The number of phenols is 1. The van der Waals surface area contributed by atoms with Crippen molar-refractivity contribution in [2.75, 3.05) is 6.61 Å². The van der Waals surface area contributed by atoms with Gasteiger partial charge in [-0.3, -0.25) is 14.5 Å². The van der Waals surface area contributed by atoms with E-state index in [1.54, 1.807) is 6.07 Å². The summed E-state index contributed by atoms with van der Waals surface area (Å²) >= 11 is 1.49. The first kappa shape index (κ1) is 28.2. The Morgan fingerprint density at radius 3 is 2.63 bits per heavy atom. The summed E-state index contributed by atoms with van der Waals surface area (Å²) in [7, 11) is 0. The lowest BCUT2D eigenvalue weighted by atomic mass is 9.67. The number of imide groups is 1. The van der Waals surface area contributed by atoms with Crippen molar-refractivity contribution in [1.82, 2.24) is 4.90 Å². The van der Waals surface area contributed by atoms with Crippen LogP contribution in [0.25, 0.3) is 6.08 Å². The van der Waals surface area contributed by atoms with Crippen molar-refractivity contribution in [3.63, 3.8) is 0 Å². The van der Waals surface area contributed by atoms with Crippen LogP contribution in [0.4, 0.5) is 4.39 Å². The number of benzene rings is 1. The summed E-state index contributed by atoms with van der Waals surface area (Å²) in [6.45, 7) is 3.95. The minimum Gasteiger partial charge on any atom is -0.505 e. The Morgan fingerprint density at radius 1 is 1.21 bits per heavy atom. The molecule has 2 heterocycles. The van der Waals surface area contributed by atoms with E-state index < -0.39 is 35.4 Å². The Hall–Kier alpha value is -2.81. The molecule has 3 N–H and O–H groups in total. The lowest BCUT2D eigenvalue weighted by molar-refractivity contribution is -0.140. The highest BCUT2D eigenvalue weighted by Crippen LogP contribution is 2.47. The Balaban J connectivity index is 1.54. The molecular formula is C30H36FNO5S. The molecule has 1 aliphatic carbocycles. The van der Waals surface area contributed by atoms with Gasteiger partial charge in [-0.1, -0.05) is 49.6 Å². The van der Waals surface area contributed by atoms with Crippen molar-refractivity contribution in [3.8, 4) is 5.75 Å². The number of hydrogen-bond acceptors (Lipinski definition) is 6. The molecule has 1 saturated heterocycles. The van der Waals surface area contributed by atoms with Gasteiger partial charge < -0.3 is 15.3 Å². The van der Waals surface area contributed by atoms with Gasteiger partial charge >= 0.3 is 0 Å². The lowest BCUT2D eigenvalue weighted by Gasteiger charge is -2.36. The van der Waals surface area contributed by atoms with Crippen LogP contribution in [0, 0.1) is 23.6 Å². The van der Waals surface area contributed by atoms with Crippen LogP contribution in [0.2, 0.25) is 0 Å². The van der Waals surface area contributed by atoms with Gasteiger partial charge in [0.25, 0.3) is 0 Å². The number of rotatable bonds is 11. The van der Waals surface area contributed by atoms with E-state index in [4.69, 9.17) is 0 Å². The van der Waals surface area contributed by atoms with Crippen molar-refractivity contribution in [1.29, 1.82) is 0 Å². The topological polar surface area (TPSA) is 98.1 Å². The number of amides is 2. The summed E-state index contributed by atoms with van der Waals surface area (Å²) in [6, 6.07) is 8.04. The van der Waals surface area contributed by atoms with Crippen LogP contribution in [0.3, 0.4) is 0 Å². The third kappa shape index (κ3) is 5.77. The molecule has 38 heavy (non-hydrogen) atoms. The number of carbonyl (C=O) groups is 2. The number of likely N-dealkylation sites (tertiary alicyclic amines) is 1. The molecular weight excluding hydrogens is 505 g/mol. The highest BCUT2D eigenvalue weighted by atomic mass is 32.1. The fourth-order valence-electron chi connectivity index (χ4n) is 5.99. The molecule has 1 aromatic heterocycles. The van der Waals surface area contributed by atoms with Crippen LogP contribution in [-0.2, 0) is 16.1 Å². The largest absolute Gasteiger partial charge is 0.505 e. The van der Waals surface area contributed by atoms with E-state index >= 15 is 0 Å². The number of halogens is 1. The van der Waals surface area contributed by atoms with E-state index in [9.17, 15) is 29.3 Å². The van der Waals surface area contributed by atoms with Crippen molar-refractivity contribution < 1.29 is 29.3 Å². The second-order valence-electron chi connectivity index (χ2n) is 10.2. The van der Waals surface area contributed by atoms with E-state index in [1.807, 2.05) is 37.4 Å². The summed E-state index contributed by atoms with van der Waals surface area (Å²) in [5, 5.41) is 33.2. The number of hydrogen-bond donors (Lipinski definition) is 3. The van der Waals surface area contributed by atoms with Gasteiger partial charge in [-0.25, -0.2) is 4.39 Å². The first-order valence-electron chi connectivity index (χ1n) is 13.3. The van der Waals surface area contributed by atoms with Crippen molar-refractivity contribution >= 4 is 29.2 Å². The third-order valence-corrected chi connectivity index (χ3v) is 8.67. The predicted octanol–water partition coefficient (Wildman–Crippen LogP) is 5.44. The first-order chi connectivity index (χ1) is 18.3. The Kier molecular flexibility index (Phi) is 9.18. The predicted molar refractivity (Wildman–Crippen MR) is 146 cm³/mol. The van der Waals surface area contributed by atoms with Crippen LogP contribution >= 0.6 is 11.3 Å². The molecule has 2 aliphatic rings. The first-order valence-corrected chi connectivity index (χ1v) is 14.2. The number of nitrogens with zero attached hydrogens (tertiary/aromatic N) is 1. The van der Waals surface area contributed by atoms with E-state index in [1.165, 1.54) is 28.4 Å². The average molecular weight is 542 g/mol. The summed E-state index contributed by atoms with van der Waals surface area (Å²) in [6.07, 6.45) is 4.66. The Bertz CT molecular complexity index is 1220. The molecule has 8 heteroatoms. The van der Waals surface area contributed by atoms with Gasteiger partial charge in [-0.05, 0) is 66.8 Å². The second kappa shape index (κ2) is 12.4. The number of aliphatic hydroxyl groups excluding tert-OH is 2. The van der Waals surface area contributed by atoms with Gasteiger partial charge in [-0.15, -0.1) is 11.3 Å². The Morgan fingerprint density at radius 2 is 2.00 bits per heavy atom. The SMILES string of the molecule is CCC/C(=C\c1ccc(O)c(F)c1)CC[C@@H](O)C1=C(CC)C[C@H]2C(=O)N(Cc3cccs3)C(=O)[C@H]2[C@H]1CO. The molecule has 4 rings (SSSR count). The summed E-state index contributed by atoms with van der Waals surface area (Å²) in [4.78, 5) is 29.0. The van der Waals surface area contributed by atoms with Gasteiger partial charge in [-0.2, -0.15) is 0 Å². The number of fused-ring (bicyclic) bond motifs is 1. The molecule has 4 atom stereocenters. The molecule has 0 bridgehead atoms. The molecule has 0 radical (unpaired) electrons. The van der Waals surface area contributed by atoms with Gasteiger partial charge in [0.15, 0.2) is 11.6 Å². The molecule has 2 aromatic rings. The van der Waals surface area contributed by atoms with Crippen LogP contribution in [-0.4, -0.2) is 44.7 Å². The summed E-state index contributed by atoms with van der Waals surface area (Å²) < 4.78 is 13.8. The number of carbonyl (C=O) groups excluding carboxylic acids is 2. The van der Waals surface area contributed by atoms with Crippen molar-refractivity contribution in [2.45, 2.75) is 65.0 Å². The van der Waals surface area contributed by atoms with Crippen LogP contribution in [0.15, 0.2) is 52.4 Å². The fraction of sp³-hybridized carbons (Fsp3) is 0.467. The zero-order chi connectivity index (χ0) is 27.4. The van der Waals surface area contributed by atoms with E-state index in [2.05, 4.69) is 0 Å². The molecule has 204 valence electrons. The summed E-state index contributed by atoms with van der Waals surface area (Å²) in [5.74, 6) is -3.32. The van der Waals surface area contributed by atoms with Crippen LogP contribution in [0.1, 0.15) is 62.8 Å². The van der Waals surface area contributed by atoms with E-state index in [-0.39, 0.29) is 25.0 Å². The second-order valence-corrected chi connectivity index (χ2v) is 11.2. The van der Waals surface area contributed by atoms with Gasteiger partial charge in [0.05, 0.1) is 31.1 Å². The highest BCUT2D eigenvalue weighted by molar-refractivity contribution is 7.09. The number of aromatic hydroxyl groups is 1. The number of phenolic OH excluding ortho intramolecular Hbond substituents is 1. The molecule has 6 nitrogen and oxygen atoms in total. The maximum Gasteiger partial charge on any atom is 0.234 e. The number of allylic oxidation sites excluding steroid dienone is 2. The zero-order valence-corrected chi connectivity index (χ0v) is 22.7. The molecule has 0 unspecified atom stereocenters. The number of thiophene rings is 1. The maximum atomic E-state index is 13.8. The molecule has 2 amide bonds. The van der Waals surface area contributed by atoms with Gasteiger partial charge in [0, 0.05) is 10.8 Å². The molecule has 1 fully saturated rings. The molecule has 1 aromatic carbocycles. The minimum atomic E-state index is -0.867. The van der Waals surface area contributed by atoms with Crippen molar-refractivity contribution in [2.24, 2.45) is 17.8 Å². The normalized spacial score (nSPS) is 22.8. The van der Waals surface area contributed by atoms with Gasteiger partial charge in [0.1, 0.15) is 0 Å². The third-order valence-electron chi connectivity index (χ3n) is 7.80.